The molecule has 1 aliphatic heterocycles. The van der Waals surface area contributed by atoms with Crippen LogP contribution >= 0.6 is 0 Å². The topological polar surface area (TPSA) is 47.9 Å². The Balaban J connectivity index is 3.03. The van der Waals surface area contributed by atoms with Gasteiger partial charge >= 0.3 is 0 Å². The average Bonchev–Trinajstić information content (AvgIpc) is 2.31. The van der Waals surface area contributed by atoms with Crippen LogP contribution < -0.4 is 0 Å². The van der Waals surface area contributed by atoms with E-state index in [9.17, 15) is 4.79 Å². The molecule has 0 aromatic carbocycles. The molecule has 1 heterocycles. The lowest BCUT2D eigenvalue weighted by Gasteiger charge is -2.23. The van der Waals surface area contributed by atoms with Crippen LogP contribution in [0.2, 0.25) is 0 Å². The van der Waals surface area contributed by atoms with Gasteiger partial charge in [0, 0.05) is 12.8 Å². The van der Waals surface area contributed by atoms with Gasteiger partial charge < -0.3 is 9.47 Å². The molecule has 0 aliphatic carbocycles. The molecule has 0 aromatic rings. The molecule has 1 aliphatic rings. The molecule has 0 radical (unpaired) electrons. The number of hydrogen-bond acceptors (Lipinski definition) is 4. The molecule has 0 fully saturated rings. The first-order chi connectivity index (χ1) is 7.78. The predicted molar refractivity (Wildman–Crippen MR) is 62.1 cm³/mol. The number of rotatable bonds is 4. The van der Waals surface area contributed by atoms with Crippen LogP contribution in [0.15, 0.2) is 22.3 Å². The van der Waals surface area contributed by atoms with Crippen molar-refractivity contribution in [3.63, 3.8) is 0 Å². The van der Waals surface area contributed by atoms with Crippen molar-refractivity contribution in [1.82, 2.24) is 0 Å². The van der Waals surface area contributed by atoms with Gasteiger partial charge in [-0.25, -0.2) is 9.79 Å². The zero-order chi connectivity index (χ0) is 12.0. The largest absolute Gasteiger partial charge is 0.479 e. The first-order valence-electron chi connectivity index (χ1n) is 5.54. The highest BCUT2D eigenvalue weighted by atomic mass is 16.5. The monoisotopic (exact) mass is 223 g/mol. The van der Waals surface area contributed by atoms with Crippen molar-refractivity contribution in [2.45, 2.75) is 33.3 Å². The number of nitrogens with zero attached hydrogens (tertiary/aromatic N) is 1. The lowest BCUT2D eigenvalue weighted by molar-refractivity contribution is 0.111. The van der Waals surface area contributed by atoms with Gasteiger partial charge in [0.1, 0.15) is 5.94 Å². The first kappa shape index (κ1) is 12.7. The molecule has 0 bridgehead atoms. The van der Waals surface area contributed by atoms with Crippen LogP contribution in [0, 0.1) is 0 Å². The van der Waals surface area contributed by atoms with Crippen LogP contribution in [0.4, 0.5) is 0 Å². The smallest absolute Gasteiger partial charge is 0.223 e. The minimum absolute atomic E-state index is 0.444. The van der Waals surface area contributed by atoms with Crippen LogP contribution in [0.25, 0.3) is 0 Å². The zero-order valence-corrected chi connectivity index (χ0v) is 9.95. The van der Waals surface area contributed by atoms with Gasteiger partial charge in [0.2, 0.25) is 5.90 Å². The van der Waals surface area contributed by atoms with Gasteiger partial charge in [-0.15, -0.1) is 0 Å². The van der Waals surface area contributed by atoms with E-state index < -0.39 is 6.10 Å². The molecule has 16 heavy (non-hydrogen) atoms. The fourth-order valence-electron chi connectivity index (χ4n) is 1.55. The summed E-state index contributed by atoms with van der Waals surface area (Å²) in [5.74, 6) is 2.39. The molecular formula is C12H17NO3. The Bertz CT molecular complexity index is 351. The third kappa shape index (κ3) is 2.60. The predicted octanol–water partition coefficient (Wildman–Crippen LogP) is 1.89. The second kappa shape index (κ2) is 6.26. The summed E-state index contributed by atoms with van der Waals surface area (Å²) >= 11 is 0. The summed E-state index contributed by atoms with van der Waals surface area (Å²) in [6.45, 7) is 6.71. The van der Waals surface area contributed by atoms with E-state index in [2.05, 4.69) is 4.99 Å². The van der Waals surface area contributed by atoms with Crippen molar-refractivity contribution in [2.24, 2.45) is 4.99 Å². The van der Waals surface area contributed by atoms with E-state index in [1.54, 1.807) is 6.20 Å². The van der Waals surface area contributed by atoms with Gasteiger partial charge in [0.05, 0.1) is 12.2 Å². The Morgan fingerprint density at radius 1 is 1.38 bits per heavy atom. The highest BCUT2D eigenvalue weighted by Crippen LogP contribution is 2.23. The highest BCUT2D eigenvalue weighted by Gasteiger charge is 2.28. The Kier molecular flexibility index (Phi) is 4.96. The second-order valence-electron chi connectivity index (χ2n) is 3.26. The van der Waals surface area contributed by atoms with Gasteiger partial charge in [-0.1, -0.05) is 6.92 Å². The maximum atomic E-state index is 11.0. The van der Waals surface area contributed by atoms with Crippen LogP contribution in [0.3, 0.4) is 0 Å². The van der Waals surface area contributed by atoms with Crippen molar-refractivity contribution in [2.75, 3.05) is 13.2 Å². The van der Waals surface area contributed by atoms with Crippen LogP contribution in [0.5, 0.6) is 0 Å². The van der Waals surface area contributed by atoms with Crippen molar-refractivity contribution in [1.29, 1.82) is 0 Å². The van der Waals surface area contributed by atoms with Crippen LogP contribution in [0.1, 0.15) is 27.2 Å². The van der Waals surface area contributed by atoms with E-state index in [0.29, 0.717) is 24.7 Å². The summed E-state index contributed by atoms with van der Waals surface area (Å²) in [4.78, 5) is 15.1. The quantitative estimate of drug-likeness (QED) is 0.684. The molecule has 4 nitrogen and oxygen atoms in total. The molecule has 0 N–H and O–H groups in total. The van der Waals surface area contributed by atoms with Crippen molar-refractivity contribution in [3.05, 3.63) is 17.3 Å². The van der Waals surface area contributed by atoms with Crippen molar-refractivity contribution in [3.8, 4) is 0 Å². The van der Waals surface area contributed by atoms with Gasteiger partial charge in [0.15, 0.2) is 6.10 Å². The second-order valence-corrected chi connectivity index (χ2v) is 3.26. The number of carbonyl (C=O) groups excluding carboxylic acids is 1. The summed E-state index contributed by atoms with van der Waals surface area (Å²) in [5.41, 5.74) is 1.36. The summed E-state index contributed by atoms with van der Waals surface area (Å²) in [5, 5.41) is 0. The molecule has 88 valence electrons. The van der Waals surface area contributed by atoms with Crippen LogP contribution in [-0.4, -0.2) is 31.2 Å². The number of ether oxygens (including phenoxy) is 2. The van der Waals surface area contributed by atoms with Crippen molar-refractivity contribution >= 4 is 11.8 Å². The SMILES string of the molecule is CCOC1=NC=C(CC)C(=C=O)C1OCC. The Morgan fingerprint density at radius 3 is 2.62 bits per heavy atom. The fourth-order valence-corrected chi connectivity index (χ4v) is 1.55. The molecular weight excluding hydrogens is 206 g/mol. The molecule has 0 amide bonds. The standard InChI is InChI=1S/C12H17NO3/c1-4-9-7-13-12(16-6-3)11(15-5-2)10(9)8-14/h7,11H,4-6H2,1-3H3. The van der Waals surface area contributed by atoms with E-state index >= 15 is 0 Å². The molecule has 0 spiro atoms. The molecule has 0 saturated carbocycles. The minimum atomic E-state index is -0.498. The third-order valence-corrected chi connectivity index (χ3v) is 2.30. The average molecular weight is 223 g/mol. The molecule has 0 saturated heterocycles. The molecule has 0 aromatic heterocycles. The van der Waals surface area contributed by atoms with E-state index in [1.807, 2.05) is 26.7 Å². The van der Waals surface area contributed by atoms with Crippen LogP contribution in [-0.2, 0) is 14.3 Å². The number of aliphatic imine (C=N–C) groups is 1. The van der Waals surface area contributed by atoms with E-state index in [4.69, 9.17) is 9.47 Å². The van der Waals surface area contributed by atoms with Gasteiger partial charge in [-0.05, 0) is 25.8 Å². The molecule has 1 atom stereocenters. The van der Waals surface area contributed by atoms with Gasteiger partial charge in [-0.3, -0.25) is 0 Å². The Hall–Kier alpha value is -1.38. The summed E-state index contributed by atoms with van der Waals surface area (Å²) < 4.78 is 10.8. The minimum Gasteiger partial charge on any atom is -0.479 e. The fraction of sp³-hybridized carbons (Fsp3) is 0.583. The molecule has 1 rings (SSSR count). The zero-order valence-electron chi connectivity index (χ0n) is 9.95. The lowest BCUT2D eigenvalue weighted by atomic mass is 9.98. The van der Waals surface area contributed by atoms with E-state index in [-0.39, 0.29) is 0 Å². The lowest BCUT2D eigenvalue weighted by Crippen LogP contribution is -2.32. The van der Waals surface area contributed by atoms with E-state index in [1.165, 1.54) is 0 Å². The Morgan fingerprint density at radius 2 is 2.12 bits per heavy atom. The molecule has 1 unspecified atom stereocenters. The number of hydrogen-bond donors (Lipinski definition) is 0. The maximum absolute atomic E-state index is 11.0. The maximum Gasteiger partial charge on any atom is 0.223 e. The third-order valence-electron chi connectivity index (χ3n) is 2.30. The first-order valence-corrected chi connectivity index (χ1v) is 5.54. The summed E-state index contributed by atoms with van der Waals surface area (Å²) in [6, 6.07) is 0. The van der Waals surface area contributed by atoms with E-state index in [0.717, 1.165) is 12.0 Å². The van der Waals surface area contributed by atoms with Gasteiger partial charge in [0.25, 0.3) is 0 Å². The highest BCUT2D eigenvalue weighted by molar-refractivity contribution is 5.90. The van der Waals surface area contributed by atoms with Crippen molar-refractivity contribution < 1.29 is 14.3 Å². The Labute approximate surface area is 95.7 Å². The summed E-state index contributed by atoms with van der Waals surface area (Å²) in [6.07, 6.45) is 1.89. The normalized spacial score (nSPS) is 19.9. The summed E-state index contributed by atoms with van der Waals surface area (Å²) in [7, 11) is 0. The molecule has 4 heteroatoms. The van der Waals surface area contributed by atoms with Gasteiger partial charge in [-0.2, -0.15) is 0 Å².